The number of nitrogens with zero attached hydrogens (tertiary/aromatic N) is 3. The summed E-state index contributed by atoms with van der Waals surface area (Å²) in [6.45, 7) is 6.57. The second kappa shape index (κ2) is 6.24. The minimum Gasteiger partial charge on any atom is -0.354 e. The fourth-order valence-corrected chi connectivity index (χ4v) is 3.60. The molecule has 1 unspecified atom stereocenters. The van der Waals surface area contributed by atoms with E-state index < -0.39 is 0 Å². The predicted octanol–water partition coefficient (Wildman–Crippen LogP) is 3.79. The molecular weight excluding hydrogens is 334 g/mol. The minimum absolute atomic E-state index is 0.515. The Labute approximate surface area is 132 Å². The van der Waals surface area contributed by atoms with Crippen LogP contribution in [0, 0.1) is 0 Å². The molecule has 1 fully saturated rings. The molecule has 0 aliphatic carbocycles. The lowest BCUT2D eigenvalue weighted by molar-refractivity contribution is 0.198. The maximum absolute atomic E-state index is 4.48. The molecule has 2 aromatic heterocycles. The number of halogens is 1. The van der Waals surface area contributed by atoms with Gasteiger partial charge in [0.15, 0.2) is 0 Å². The molecule has 1 aliphatic heterocycles. The molecule has 5 heteroatoms. The zero-order valence-electron chi connectivity index (χ0n) is 11.5. The van der Waals surface area contributed by atoms with Crippen LogP contribution in [0.4, 0.5) is 5.82 Å². The summed E-state index contributed by atoms with van der Waals surface area (Å²) < 4.78 is 1.03. The predicted molar refractivity (Wildman–Crippen MR) is 88.5 cm³/mol. The largest absolute Gasteiger partial charge is 0.354 e. The molecule has 0 bridgehead atoms. The Morgan fingerprint density at radius 1 is 1.20 bits per heavy atom. The van der Waals surface area contributed by atoms with Gasteiger partial charge in [-0.2, -0.15) is 11.3 Å². The third kappa shape index (κ3) is 3.05. The van der Waals surface area contributed by atoms with Gasteiger partial charge < -0.3 is 4.90 Å². The van der Waals surface area contributed by atoms with E-state index in [-0.39, 0.29) is 0 Å². The average molecular weight is 352 g/mol. The summed E-state index contributed by atoms with van der Waals surface area (Å²) in [6.07, 6.45) is 1.87. The van der Waals surface area contributed by atoms with Gasteiger partial charge in [-0.1, -0.05) is 0 Å². The zero-order valence-corrected chi connectivity index (χ0v) is 13.9. The summed E-state index contributed by atoms with van der Waals surface area (Å²) in [4.78, 5) is 9.40. The molecule has 0 aromatic carbocycles. The van der Waals surface area contributed by atoms with E-state index in [0.29, 0.717) is 6.04 Å². The highest BCUT2D eigenvalue weighted by atomic mass is 79.9. The number of pyridine rings is 1. The normalized spacial score (nSPS) is 18.2. The Morgan fingerprint density at radius 2 is 2.00 bits per heavy atom. The molecule has 2 aromatic rings. The van der Waals surface area contributed by atoms with E-state index in [9.17, 15) is 0 Å². The molecule has 1 aliphatic rings. The molecule has 3 nitrogen and oxygen atoms in total. The van der Waals surface area contributed by atoms with Crippen molar-refractivity contribution in [3.8, 4) is 0 Å². The molecule has 3 heterocycles. The lowest BCUT2D eigenvalue weighted by Crippen LogP contribution is -2.47. The van der Waals surface area contributed by atoms with Crippen molar-refractivity contribution in [2.24, 2.45) is 0 Å². The maximum Gasteiger partial charge on any atom is 0.128 e. The first kappa shape index (κ1) is 14.0. The van der Waals surface area contributed by atoms with Crippen molar-refractivity contribution in [1.29, 1.82) is 0 Å². The van der Waals surface area contributed by atoms with Crippen molar-refractivity contribution in [1.82, 2.24) is 9.88 Å². The van der Waals surface area contributed by atoms with Gasteiger partial charge in [0.1, 0.15) is 5.82 Å². The summed E-state index contributed by atoms with van der Waals surface area (Å²) in [7, 11) is 0. The number of hydrogen-bond acceptors (Lipinski definition) is 4. The van der Waals surface area contributed by atoms with Gasteiger partial charge in [-0.15, -0.1) is 0 Å². The van der Waals surface area contributed by atoms with E-state index in [1.165, 1.54) is 5.56 Å². The van der Waals surface area contributed by atoms with E-state index in [2.05, 4.69) is 66.6 Å². The first-order valence-corrected chi connectivity index (χ1v) is 8.60. The summed E-state index contributed by atoms with van der Waals surface area (Å²) in [6, 6.07) is 6.89. The molecule has 0 spiro atoms. The number of piperazine rings is 1. The highest BCUT2D eigenvalue weighted by Gasteiger charge is 2.22. The second-order valence-corrected chi connectivity index (χ2v) is 6.79. The van der Waals surface area contributed by atoms with Crippen molar-refractivity contribution in [3.63, 3.8) is 0 Å². The molecule has 0 amide bonds. The van der Waals surface area contributed by atoms with E-state index >= 15 is 0 Å². The summed E-state index contributed by atoms with van der Waals surface area (Å²) in [5.74, 6) is 1.08. The third-order valence-corrected chi connectivity index (χ3v) is 5.09. The van der Waals surface area contributed by atoms with E-state index in [0.717, 1.165) is 36.5 Å². The first-order chi connectivity index (χ1) is 9.74. The van der Waals surface area contributed by atoms with Gasteiger partial charge in [0, 0.05) is 42.9 Å². The van der Waals surface area contributed by atoms with Gasteiger partial charge in [0.2, 0.25) is 0 Å². The Bertz CT molecular complexity index is 533. The smallest absolute Gasteiger partial charge is 0.128 e. The van der Waals surface area contributed by atoms with Gasteiger partial charge in [0.25, 0.3) is 0 Å². The van der Waals surface area contributed by atoms with Crippen LogP contribution >= 0.6 is 27.3 Å². The number of thiophene rings is 1. The van der Waals surface area contributed by atoms with Crippen molar-refractivity contribution >= 4 is 33.1 Å². The zero-order chi connectivity index (χ0) is 13.9. The highest BCUT2D eigenvalue weighted by Crippen LogP contribution is 2.24. The van der Waals surface area contributed by atoms with Crippen molar-refractivity contribution < 1.29 is 0 Å². The standard InChI is InChI=1S/C15H18BrN3S/c1-12(13-4-9-20-11-13)18-5-7-19(8-6-18)15-3-2-14(16)10-17-15/h2-4,9-12H,5-8H2,1H3. The lowest BCUT2D eigenvalue weighted by atomic mass is 10.1. The first-order valence-electron chi connectivity index (χ1n) is 6.86. The molecule has 106 valence electrons. The number of hydrogen-bond donors (Lipinski definition) is 0. The monoisotopic (exact) mass is 351 g/mol. The van der Waals surface area contributed by atoms with Crippen molar-refractivity contribution in [3.05, 3.63) is 45.2 Å². The molecule has 3 rings (SSSR count). The van der Waals surface area contributed by atoms with Crippen LogP contribution in [0.25, 0.3) is 0 Å². The van der Waals surface area contributed by atoms with Crippen LogP contribution in [-0.4, -0.2) is 36.1 Å². The fraction of sp³-hybridized carbons (Fsp3) is 0.400. The summed E-state index contributed by atoms with van der Waals surface area (Å²) in [5.41, 5.74) is 1.44. The van der Waals surface area contributed by atoms with Gasteiger partial charge in [0.05, 0.1) is 0 Å². The Balaban J connectivity index is 1.60. The number of aromatic nitrogens is 1. The van der Waals surface area contributed by atoms with Crippen LogP contribution in [0.15, 0.2) is 39.6 Å². The molecule has 1 atom stereocenters. The fourth-order valence-electron chi connectivity index (χ4n) is 2.62. The topological polar surface area (TPSA) is 19.4 Å². The van der Waals surface area contributed by atoms with Crippen LogP contribution in [0.2, 0.25) is 0 Å². The molecule has 0 radical (unpaired) electrons. The van der Waals surface area contributed by atoms with E-state index in [1.54, 1.807) is 11.3 Å². The molecular formula is C15H18BrN3S. The van der Waals surface area contributed by atoms with Crippen LogP contribution in [-0.2, 0) is 0 Å². The van der Waals surface area contributed by atoms with Crippen LogP contribution in [0.1, 0.15) is 18.5 Å². The molecule has 0 saturated carbocycles. The Kier molecular flexibility index (Phi) is 4.38. The number of rotatable bonds is 3. The molecule has 20 heavy (non-hydrogen) atoms. The van der Waals surface area contributed by atoms with Gasteiger partial charge in [-0.3, -0.25) is 4.90 Å². The number of anilines is 1. The highest BCUT2D eigenvalue weighted by molar-refractivity contribution is 9.10. The van der Waals surface area contributed by atoms with Crippen LogP contribution < -0.4 is 4.90 Å². The van der Waals surface area contributed by atoms with E-state index in [4.69, 9.17) is 0 Å². The Hall–Kier alpha value is -0.910. The molecule has 1 saturated heterocycles. The maximum atomic E-state index is 4.48. The average Bonchev–Trinajstić information content (AvgIpc) is 3.02. The van der Waals surface area contributed by atoms with Gasteiger partial charge in [-0.05, 0) is 57.4 Å². The van der Waals surface area contributed by atoms with Crippen molar-refractivity contribution in [2.45, 2.75) is 13.0 Å². The Morgan fingerprint density at radius 3 is 2.60 bits per heavy atom. The minimum atomic E-state index is 0.515. The van der Waals surface area contributed by atoms with Crippen LogP contribution in [0.3, 0.4) is 0 Å². The summed E-state index contributed by atoms with van der Waals surface area (Å²) >= 11 is 5.21. The van der Waals surface area contributed by atoms with Gasteiger partial charge in [-0.25, -0.2) is 4.98 Å². The SMILES string of the molecule is CC(c1ccsc1)N1CCN(c2ccc(Br)cn2)CC1. The van der Waals surface area contributed by atoms with Crippen LogP contribution in [0.5, 0.6) is 0 Å². The van der Waals surface area contributed by atoms with Crippen molar-refractivity contribution in [2.75, 3.05) is 31.1 Å². The third-order valence-electron chi connectivity index (χ3n) is 3.92. The summed E-state index contributed by atoms with van der Waals surface area (Å²) in [5, 5.41) is 4.42. The second-order valence-electron chi connectivity index (χ2n) is 5.09. The lowest BCUT2D eigenvalue weighted by Gasteiger charge is -2.38. The quantitative estimate of drug-likeness (QED) is 0.838. The van der Waals surface area contributed by atoms with Gasteiger partial charge >= 0.3 is 0 Å². The van der Waals surface area contributed by atoms with E-state index in [1.807, 2.05) is 6.20 Å². The molecule has 0 N–H and O–H groups in total.